The number of aliphatic hydroxyl groups excluding tert-OH is 2. The second-order valence-electron chi connectivity index (χ2n) is 13.5. The highest BCUT2D eigenvalue weighted by Crippen LogP contribution is 2.62. The minimum atomic E-state index is -1.44. The molecule has 52 heavy (non-hydrogen) atoms. The van der Waals surface area contributed by atoms with Gasteiger partial charge in [0.1, 0.15) is 37.1 Å². The zero-order valence-electron chi connectivity index (χ0n) is 30.4. The topological polar surface area (TPSA) is 119 Å². The maximum absolute atomic E-state index is 14.1. The molecule has 2 aromatic carbocycles. The van der Waals surface area contributed by atoms with Gasteiger partial charge in [0.05, 0.1) is 24.8 Å². The maximum Gasteiger partial charge on any atom is 0.410 e. The van der Waals surface area contributed by atoms with Gasteiger partial charge in [-0.1, -0.05) is 54.9 Å². The van der Waals surface area contributed by atoms with Gasteiger partial charge in [0.2, 0.25) is 5.79 Å². The second kappa shape index (κ2) is 18.5. The largest absolute Gasteiger partial charge is 0.490 e. The number of hydrogen-bond donors (Lipinski definition) is 2. The van der Waals surface area contributed by atoms with Crippen molar-refractivity contribution in [2.45, 2.75) is 76.2 Å². The Morgan fingerprint density at radius 1 is 1.06 bits per heavy atom. The van der Waals surface area contributed by atoms with Crippen LogP contribution in [0.4, 0.5) is 9.18 Å². The molecule has 0 radical (unpaired) electrons. The van der Waals surface area contributed by atoms with E-state index in [2.05, 4.69) is 24.4 Å². The Bertz CT molecular complexity index is 1580. The molecule has 2 aliphatic carbocycles. The Kier molecular flexibility index (Phi) is 13.9. The number of aliphatic hydroxyl groups is 2. The van der Waals surface area contributed by atoms with E-state index in [1.165, 1.54) is 19.2 Å². The molecule has 0 bridgehead atoms. The van der Waals surface area contributed by atoms with Crippen LogP contribution in [0.2, 0.25) is 0 Å². The van der Waals surface area contributed by atoms with E-state index < -0.39 is 23.8 Å². The fourth-order valence-corrected chi connectivity index (χ4v) is 8.30. The predicted molar refractivity (Wildman–Crippen MR) is 197 cm³/mol. The van der Waals surface area contributed by atoms with Gasteiger partial charge in [0.15, 0.2) is 0 Å². The number of allylic oxidation sites excluding steroid dienone is 1. The van der Waals surface area contributed by atoms with Gasteiger partial charge in [-0.05, 0) is 85.9 Å². The Hall–Kier alpha value is -4.19. The van der Waals surface area contributed by atoms with Gasteiger partial charge < -0.3 is 34.0 Å². The van der Waals surface area contributed by atoms with E-state index in [1.54, 1.807) is 36.1 Å². The number of ether oxygens (including phenoxy) is 4. The van der Waals surface area contributed by atoms with Gasteiger partial charge in [0.25, 0.3) is 0 Å². The number of benzene rings is 2. The normalized spacial score (nSPS) is 25.2. The number of rotatable bonds is 19. The molecule has 1 amide bonds. The summed E-state index contributed by atoms with van der Waals surface area (Å²) >= 11 is 0. The molecule has 6 unspecified atom stereocenters. The van der Waals surface area contributed by atoms with E-state index in [4.69, 9.17) is 23.8 Å². The number of carbonyl (C=O) groups is 1. The third kappa shape index (κ3) is 8.37. The third-order valence-electron chi connectivity index (χ3n) is 10.4. The van der Waals surface area contributed by atoms with Crippen LogP contribution in [-0.4, -0.2) is 78.9 Å². The highest BCUT2D eigenvalue weighted by atomic mass is 19.1. The number of unbranched alkanes of at least 4 members (excludes halogenated alkanes) is 2. The van der Waals surface area contributed by atoms with Crippen LogP contribution < -0.4 is 9.47 Å². The molecule has 2 aromatic rings. The van der Waals surface area contributed by atoms with Crippen molar-refractivity contribution in [2.75, 3.05) is 40.1 Å². The summed E-state index contributed by atoms with van der Waals surface area (Å²) in [6.45, 7) is 10.4. The summed E-state index contributed by atoms with van der Waals surface area (Å²) in [5, 5.41) is 24.1. The minimum absolute atomic E-state index is 0.0682. The summed E-state index contributed by atoms with van der Waals surface area (Å²) in [6, 6.07) is 11.1. The third-order valence-corrected chi connectivity index (χ3v) is 10.4. The van der Waals surface area contributed by atoms with E-state index in [-0.39, 0.29) is 63.0 Å². The molecule has 1 fully saturated rings. The highest BCUT2D eigenvalue weighted by molar-refractivity contribution is 6.02. The standard InChI is InChI=1S/C41H53FN2O8/c1-5-22-50-31-18-19-36-34(25-31)38-32(13-9-11-21-46)29(12-8-10-20-45)24-33-35(43-48-4)26-37(41(52-36,39(33)38)51-23-6-2)44(40(47)49-7-3)27-28-14-16-30(42)17-15-28/h5-6,14-19,24-25,29,32,37-39,45-46H,1-2,7-13,20-23,26-27H2,3-4H3. The minimum Gasteiger partial charge on any atom is -0.490 e. The second-order valence-corrected chi connectivity index (χ2v) is 13.5. The molecule has 1 heterocycles. The maximum atomic E-state index is 14.1. The van der Waals surface area contributed by atoms with Crippen LogP contribution in [0, 0.1) is 23.6 Å². The van der Waals surface area contributed by atoms with Gasteiger partial charge >= 0.3 is 6.09 Å². The lowest BCUT2D eigenvalue weighted by atomic mass is 9.55. The van der Waals surface area contributed by atoms with Crippen molar-refractivity contribution < 1.29 is 43.2 Å². The summed E-state index contributed by atoms with van der Waals surface area (Å²) in [6.07, 6.45) is 9.91. The highest BCUT2D eigenvalue weighted by Gasteiger charge is 2.65. The van der Waals surface area contributed by atoms with E-state index >= 15 is 0 Å². The van der Waals surface area contributed by atoms with Crippen molar-refractivity contribution in [2.24, 2.45) is 22.9 Å². The molecule has 3 aliphatic rings. The summed E-state index contributed by atoms with van der Waals surface area (Å²) in [5.41, 5.74) is 3.25. The van der Waals surface area contributed by atoms with Crippen molar-refractivity contribution in [3.63, 3.8) is 0 Å². The molecule has 1 aliphatic heterocycles. The summed E-state index contributed by atoms with van der Waals surface area (Å²) in [5.74, 6) is -1.04. The molecular weight excluding hydrogens is 667 g/mol. The van der Waals surface area contributed by atoms with Gasteiger partial charge in [0, 0.05) is 37.7 Å². The first-order valence-corrected chi connectivity index (χ1v) is 18.4. The lowest BCUT2D eigenvalue weighted by molar-refractivity contribution is -0.256. The number of nitrogens with zero attached hydrogens (tertiary/aromatic N) is 2. The molecule has 1 saturated carbocycles. The van der Waals surface area contributed by atoms with Crippen LogP contribution in [0.25, 0.3) is 0 Å². The fourth-order valence-electron chi connectivity index (χ4n) is 8.30. The molecule has 6 atom stereocenters. The number of hydrogen-bond acceptors (Lipinski definition) is 9. The molecule has 10 nitrogen and oxygen atoms in total. The first kappa shape index (κ1) is 39.0. The number of fused-ring (bicyclic) bond motifs is 2. The van der Waals surface area contributed by atoms with Crippen LogP contribution in [0.5, 0.6) is 11.5 Å². The zero-order chi connectivity index (χ0) is 37.1. The number of amides is 1. The van der Waals surface area contributed by atoms with Gasteiger partial charge in [-0.2, -0.15) is 0 Å². The van der Waals surface area contributed by atoms with Crippen molar-refractivity contribution in [1.29, 1.82) is 0 Å². The Morgan fingerprint density at radius 2 is 1.79 bits per heavy atom. The summed E-state index contributed by atoms with van der Waals surface area (Å²) < 4.78 is 39.8. The molecule has 0 saturated heterocycles. The van der Waals surface area contributed by atoms with E-state index in [9.17, 15) is 19.4 Å². The average molecular weight is 721 g/mol. The van der Waals surface area contributed by atoms with Crippen molar-refractivity contribution in [3.05, 3.63) is 96.4 Å². The van der Waals surface area contributed by atoms with Crippen molar-refractivity contribution in [3.8, 4) is 11.5 Å². The monoisotopic (exact) mass is 720 g/mol. The van der Waals surface area contributed by atoms with Crippen LogP contribution in [0.1, 0.15) is 68.9 Å². The lowest BCUT2D eigenvalue weighted by Crippen LogP contribution is -2.70. The first-order valence-electron chi connectivity index (χ1n) is 18.4. The van der Waals surface area contributed by atoms with E-state index in [0.717, 1.165) is 36.8 Å². The summed E-state index contributed by atoms with van der Waals surface area (Å²) in [4.78, 5) is 21.2. The molecular formula is C41H53FN2O8. The number of halogens is 1. The Morgan fingerprint density at radius 3 is 2.46 bits per heavy atom. The summed E-state index contributed by atoms with van der Waals surface area (Å²) in [7, 11) is 1.51. The molecule has 0 aromatic heterocycles. The average Bonchev–Trinajstić information content (AvgIpc) is 3.15. The van der Waals surface area contributed by atoms with E-state index in [0.29, 0.717) is 42.2 Å². The number of oxime groups is 1. The zero-order valence-corrected chi connectivity index (χ0v) is 30.4. The molecule has 5 rings (SSSR count). The van der Waals surface area contributed by atoms with Gasteiger partial charge in [-0.25, -0.2) is 9.18 Å². The van der Waals surface area contributed by atoms with Crippen LogP contribution in [-0.2, 0) is 20.9 Å². The molecule has 11 heteroatoms. The Labute approximate surface area is 306 Å². The quantitative estimate of drug-likeness (QED) is 0.0882. The molecule has 0 spiro atoms. The molecule has 2 N–H and O–H groups in total. The number of carbonyl (C=O) groups excluding carboxylic acids is 1. The SMILES string of the molecule is C=CCOc1ccc2c(c1)C1C(CCCCO)C(CCCCO)C=C3C(=NOC)CC(N(Cc4ccc(F)cc4)C(=O)OCC)C(OCC=C)(O2)C31. The van der Waals surface area contributed by atoms with Crippen molar-refractivity contribution >= 4 is 11.8 Å². The van der Waals surface area contributed by atoms with Crippen molar-refractivity contribution in [1.82, 2.24) is 4.90 Å². The molecule has 282 valence electrons. The van der Waals surface area contributed by atoms with Crippen LogP contribution in [0.15, 0.2) is 84.6 Å². The fraction of sp³-hybridized carbons (Fsp3) is 0.512. The Balaban J connectivity index is 1.78. The van der Waals surface area contributed by atoms with Crippen LogP contribution in [0.3, 0.4) is 0 Å². The predicted octanol–water partition coefficient (Wildman–Crippen LogP) is 7.31. The van der Waals surface area contributed by atoms with Gasteiger partial charge in [-0.3, -0.25) is 4.90 Å². The van der Waals surface area contributed by atoms with Gasteiger partial charge in [-0.15, -0.1) is 6.58 Å². The van der Waals surface area contributed by atoms with Crippen LogP contribution >= 0.6 is 0 Å². The first-order chi connectivity index (χ1) is 25.3. The lowest BCUT2D eigenvalue weighted by Gasteiger charge is -2.59. The smallest absolute Gasteiger partial charge is 0.410 e. The van der Waals surface area contributed by atoms with E-state index in [1.807, 2.05) is 18.2 Å².